The molecule has 0 radical (unpaired) electrons. The van der Waals surface area contributed by atoms with Crippen LogP contribution in [0.15, 0.2) is 16.6 Å². The molecule has 1 saturated heterocycles. The molecule has 1 heterocycles. The number of benzene rings is 1. The number of rotatable bonds is 2. The van der Waals surface area contributed by atoms with Gasteiger partial charge in [-0.05, 0) is 70.9 Å². The third-order valence-electron chi connectivity index (χ3n) is 3.56. The molecule has 0 aromatic heterocycles. The molecule has 2 rings (SSSR count). The van der Waals surface area contributed by atoms with E-state index in [4.69, 9.17) is 0 Å². The summed E-state index contributed by atoms with van der Waals surface area (Å²) < 4.78 is 0.831. The molecule has 0 amide bonds. The summed E-state index contributed by atoms with van der Waals surface area (Å²) in [6.07, 6.45) is 2.23. The summed E-state index contributed by atoms with van der Waals surface area (Å²) in [7, 11) is 0. The Bertz CT molecular complexity index is 397. The monoisotopic (exact) mass is 297 g/mol. The Morgan fingerprint density at radius 1 is 1.29 bits per heavy atom. The minimum atomic E-state index is 0.432. The van der Waals surface area contributed by atoms with Gasteiger partial charge in [-0.15, -0.1) is 0 Å². The van der Waals surface area contributed by atoms with Crippen molar-refractivity contribution >= 4 is 15.9 Å². The molecule has 2 N–H and O–H groups in total. The Morgan fingerprint density at radius 3 is 2.53 bits per heavy atom. The molecule has 0 aliphatic carbocycles. The molecule has 0 bridgehead atoms. The van der Waals surface area contributed by atoms with Crippen molar-refractivity contribution in [3.63, 3.8) is 0 Å². The first-order valence-corrected chi connectivity index (χ1v) is 7.12. The van der Waals surface area contributed by atoms with Gasteiger partial charge in [-0.1, -0.05) is 19.9 Å². The summed E-state index contributed by atoms with van der Waals surface area (Å²) in [5.74, 6) is 1.42. The van der Waals surface area contributed by atoms with Crippen LogP contribution in [0, 0.1) is 0 Å². The highest BCUT2D eigenvalue weighted by Crippen LogP contribution is 2.39. The maximum absolute atomic E-state index is 10.2. The minimum absolute atomic E-state index is 0.432. The van der Waals surface area contributed by atoms with Crippen molar-refractivity contribution in [3.05, 3.63) is 27.7 Å². The summed E-state index contributed by atoms with van der Waals surface area (Å²) in [5, 5.41) is 13.6. The lowest BCUT2D eigenvalue weighted by molar-refractivity contribution is 0.422. The van der Waals surface area contributed by atoms with Gasteiger partial charge in [0.15, 0.2) is 0 Å². The third kappa shape index (κ3) is 2.83. The van der Waals surface area contributed by atoms with Gasteiger partial charge in [0.25, 0.3) is 0 Å². The summed E-state index contributed by atoms with van der Waals surface area (Å²) in [6.45, 7) is 6.47. The fourth-order valence-electron chi connectivity index (χ4n) is 2.42. The zero-order valence-electron chi connectivity index (χ0n) is 10.5. The molecule has 0 spiro atoms. The van der Waals surface area contributed by atoms with Crippen molar-refractivity contribution in [2.75, 3.05) is 13.1 Å². The van der Waals surface area contributed by atoms with Gasteiger partial charge in [0, 0.05) is 0 Å². The maximum atomic E-state index is 10.2. The predicted molar refractivity (Wildman–Crippen MR) is 74.7 cm³/mol. The first-order chi connectivity index (χ1) is 8.09. The van der Waals surface area contributed by atoms with E-state index in [1.165, 1.54) is 5.56 Å². The first kappa shape index (κ1) is 12.9. The molecule has 2 nitrogen and oxygen atoms in total. The molecule has 1 aliphatic heterocycles. The molecular formula is C14H20BrNO. The zero-order valence-corrected chi connectivity index (χ0v) is 12.0. The number of halogens is 1. The number of nitrogens with one attached hydrogen (secondary N) is 1. The van der Waals surface area contributed by atoms with Crippen LogP contribution >= 0.6 is 15.9 Å². The highest BCUT2D eigenvalue weighted by Gasteiger charge is 2.20. The standard InChI is InChI=1S/C14H20BrNO/c1-9(2)11-7-12(14(17)13(15)8-11)10-3-5-16-6-4-10/h7-10,16-17H,3-6H2,1-2H3. The number of piperidine rings is 1. The molecular weight excluding hydrogens is 278 g/mol. The van der Waals surface area contributed by atoms with E-state index in [0.29, 0.717) is 17.6 Å². The van der Waals surface area contributed by atoms with Crippen LogP contribution in [0.25, 0.3) is 0 Å². The molecule has 1 aliphatic rings. The SMILES string of the molecule is CC(C)c1cc(Br)c(O)c(C2CCNCC2)c1. The number of hydrogen-bond donors (Lipinski definition) is 2. The van der Waals surface area contributed by atoms with Gasteiger partial charge in [-0.2, -0.15) is 0 Å². The fraction of sp³-hybridized carbons (Fsp3) is 0.571. The third-order valence-corrected chi connectivity index (χ3v) is 4.17. The fourth-order valence-corrected chi connectivity index (χ4v) is 2.91. The largest absolute Gasteiger partial charge is 0.506 e. The summed E-state index contributed by atoms with van der Waals surface area (Å²) in [6, 6.07) is 4.21. The molecule has 1 fully saturated rings. The summed E-state index contributed by atoms with van der Waals surface area (Å²) >= 11 is 3.47. The number of phenols is 1. The normalized spacial score (nSPS) is 17.6. The van der Waals surface area contributed by atoms with Crippen molar-refractivity contribution in [2.45, 2.75) is 38.5 Å². The van der Waals surface area contributed by atoms with E-state index in [1.807, 2.05) is 6.07 Å². The predicted octanol–water partition coefficient (Wildman–Crippen LogP) is 3.75. The van der Waals surface area contributed by atoms with Gasteiger partial charge in [0.05, 0.1) is 4.47 Å². The van der Waals surface area contributed by atoms with Crippen LogP contribution in [0.3, 0.4) is 0 Å². The Morgan fingerprint density at radius 2 is 1.94 bits per heavy atom. The molecule has 0 atom stereocenters. The number of hydrogen-bond acceptors (Lipinski definition) is 2. The van der Waals surface area contributed by atoms with Crippen LogP contribution in [0.1, 0.15) is 49.7 Å². The van der Waals surface area contributed by atoms with E-state index in [2.05, 4.69) is 41.2 Å². The lowest BCUT2D eigenvalue weighted by Gasteiger charge is -2.25. The second-order valence-corrected chi connectivity index (χ2v) is 5.97. The van der Waals surface area contributed by atoms with E-state index in [1.54, 1.807) is 0 Å². The van der Waals surface area contributed by atoms with Gasteiger partial charge in [-0.25, -0.2) is 0 Å². The Kier molecular flexibility index (Phi) is 4.10. The molecule has 0 saturated carbocycles. The van der Waals surface area contributed by atoms with Crippen LogP contribution in [0.2, 0.25) is 0 Å². The Labute approximate surface area is 112 Å². The quantitative estimate of drug-likeness (QED) is 0.871. The maximum Gasteiger partial charge on any atom is 0.133 e. The van der Waals surface area contributed by atoms with Crippen LogP contribution < -0.4 is 5.32 Å². The minimum Gasteiger partial charge on any atom is -0.506 e. The second-order valence-electron chi connectivity index (χ2n) is 5.12. The van der Waals surface area contributed by atoms with Crippen molar-refractivity contribution in [1.82, 2.24) is 5.32 Å². The van der Waals surface area contributed by atoms with Crippen LogP contribution in [-0.4, -0.2) is 18.2 Å². The average Bonchev–Trinajstić information content (AvgIpc) is 2.33. The average molecular weight is 298 g/mol. The van der Waals surface area contributed by atoms with Crippen LogP contribution in [-0.2, 0) is 0 Å². The van der Waals surface area contributed by atoms with Crippen molar-refractivity contribution in [2.24, 2.45) is 0 Å². The van der Waals surface area contributed by atoms with Crippen molar-refractivity contribution < 1.29 is 5.11 Å². The van der Waals surface area contributed by atoms with Gasteiger partial charge < -0.3 is 10.4 Å². The van der Waals surface area contributed by atoms with Gasteiger partial charge in [-0.3, -0.25) is 0 Å². The van der Waals surface area contributed by atoms with Crippen LogP contribution in [0.4, 0.5) is 0 Å². The van der Waals surface area contributed by atoms with E-state index in [9.17, 15) is 5.11 Å². The van der Waals surface area contributed by atoms with Crippen molar-refractivity contribution in [3.8, 4) is 5.75 Å². The zero-order chi connectivity index (χ0) is 12.4. The van der Waals surface area contributed by atoms with Crippen molar-refractivity contribution in [1.29, 1.82) is 0 Å². The highest BCUT2D eigenvalue weighted by molar-refractivity contribution is 9.10. The smallest absolute Gasteiger partial charge is 0.133 e. The summed E-state index contributed by atoms with van der Waals surface area (Å²) in [4.78, 5) is 0. The van der Waals surface area contributed by atoms with Crippen LogP contribution in [0.5, 0.6) is 5.75 Å². The Hall–Kier alpha value is -0.540. The highest BCUT2D eigenvalue weighted by atomic mass is 79.9. The molecule has 0 unspecified atom stereocenters. The first-order valence-electron chi connectivity index (χ1n) is 6.32. The van der Waals surface area contributed by atoms with Gasteiger partial charge in [0.2, 0.25) is 0 Å². The second kappa shape index (κ2) is 5.40. The number of aromatic hydroxyl groups is 1. The van der Waals surface area contributed by atoms with Gasteiger partial charge >= 0.3 is 0 Å². The topological polar surface area (TPSA) is 32.3 Å². The lowest BCUT2D eigenvalue weighted by atomic mass is 9.87. The van der Waals surface area contributed by atoms with E-state index in [-0.39, 0.29) is 0 Å². The van der Waals surface area contributed by atoms with E-state index in [0.717, 1.165) is 36.0 Å². The Balaban J connectivity index is 2.36. The molecule has 1 aromatic carbocycles. The van der Waals surface area contributed by atoms with E-state index < -0.39 is 0 Å². The lowest BCUT2D eigenvalue weighted by Crippen LogP contribution is -2.26. The molecule has 17 heavy (non-hydrogen) atoms. The molecule has 1 aromatic rings. The molecule has 94 valence electrons. The number of phenolic OH excluding ortho intramolecular Hbond substituents is 1. The van der Waals surface area contributed by atoms with Gasteiger partial charge in [0.1, 0.15) is 5.75 Å². The summed E-state index contributed by atoms with van der Waals surface area (Å²) in [5.41, 5.74) is 2.41. The molecule has 3 heteroatoms. The van der Waals surface area contributed by atoms with E-state index >= 15 is 0 Å².